The normalized spacial score (nSPS) is 10.2. The van der Waals surface area contributed by atoms with Gasteiger partial charge in [0.2, 0.25) is 0 Å². The predicted octanol–water partition coefficient (Wildman–Crippen LogP) is 4.03. The molecule has 2 heteroatoms. The molecule has 1 aromatic rings. The van der Waals surface area contributed by atoms with Crippen molar-refractivity contribution < 1.29 is 0 Å². The lowest BCUT2D eigenvalue weighted by Crippen LogP contribution is -1.91. The van der Waals surface area contributed by atoms with Crippen molar-refractivity contribution in [3.63, 3.8) is 0 Å². The number of hydrogen-bond donors (Lipinski definition) is 0. The zero-order valence-corrected chi connectivity index (χ0v) is 10.1. The quantitative estimate of drug-likeness (QED) is 0.796. The van der Waals surface area contributed by atoms with Crippen molar-refractivity contribution in [2.75, 3.05) is 0 Å². The summed E-state index contributed by atoms with van der Waals surface area (Å²) in [6, 6.07) is 8.52. The van der Waals surface area contributed by atoms with Crippen LogP contribution >= 0.6 is 15.9 Å². The maximum Gasteiger partial charge on any atom is 0.0625 e. The van der Waals surface area contributed by atoms with Gasteiger partial charge >= 0.3 is 0 Å². The zero-order chi connectivity index (χ0) is 10.6. The number of nitrogens with zero attached hydrogens (tertiary/aromatic N) is 1. The van der Waals surface area contributed by atoms with E-state index in [0.29, 0.717) is 12.3 Å². The fourth-order valence-corrected chi connectivity index (χ4v) is 2.28. The Kier molecular flexibility index (Phi) is 4.16. The molecule has 0 radical (unpaired) electrons. The van der Waals surface area contributed by atoms with Crippen LogP contribution in [-0.2, 0) is 6.42 Å². The van der Waals surface area contributed by atoms with Crippen molar-refractivity contribution in [1.82, 2.24) is 0 Å². The number of nitriles is 1. The van der Waals surface area contributed by atoms with Crippen LogP contribution in [0.3, 0.4) is 0 Å². The third-order valence-corrected chi connectivity index (χ3v) is 2.90. The van der Waals surface area contributed by atoms with Gasteiger partial charge in [-0.15, -0.1) is 0 Å². The molecular weight excluding hydrogens is 238 g/mol. The molecule has 0 aliphatic carbocycles. The molecule has 0 aliphatic heterocycles. The number of aryl methyl sites for hydroxylation is 1. The van der Waals surface area contributed by atoms with Gasteiger partial charge in [-0.3, -0.25) is 0 Å². The minimum absolute atomic E-state index is 0.536. The van der Waals surface area contributed by atoms with Crippen molar-refractivity contribution in [3.05, 3.63) is 33.8 Å². The van der Waals surface area contributed by atoms with E-state index in [-0.39, 0.29) is 0 Å². The number of benzene rings is 1. The van der Waals surface area contributed by atoms with Crippen molar-refractivity contribution in [1.29, 1.82) is 5.26 Å². The molecule has 0 bridgehead atoms. The molecule has 0 aliphatic rings. The first-order chi connectivity index (χ1) is 6.65. The lowest BCUT2D eigenvalue weighted by molar-refractivity contribution is 0.857. The molecule has 1 aromatic carbocycles. The maximum atomic E-state index is 8.48. The first-order valence-corrected chi connectivity index (χ1v) is 5.59. The Labute approximate surface area is 93.9 Å². The lowest BCUT2D eigenvalue weighted by Gasteiger charge is -2.09. The zero-order valence-electron chi connectivity index (χ0n) is 8.55. The molecule has 0 saturated carbocycles. The standard InChI is InChI=1S/C12H14BrN/c1-9(2)11-6-5-10(4-3-7-14)8-12(11)13/h5-6,8-9H,3-4H2,1-2H3. The van der Waals surface area contributed by atoms with Crippen LogP contribution in [-0.4, -0.2) is 0 Å². The van der Waals surface area contributed by atoms with Crippen molar-refractivity contribution in [2.24, 2.45) is 0 Å². The minimum atomic E-state index is 0.536. The van der Waals surface area contributed by atoms with E-state index in [1.807, 2.05) is 0 Å². The van der Waals surface area contributed by atoms with E-state index in [1.165, 1.54) is 11.1 Å². The summed E-state index contributed by atoms with van der Waals surface area (Å²) in [5, 5.41) is 8.48. The Morgan fingerprint density at radius 2 is 2.14 bits per heavy atom. The van der Waals surface area contributed by atoms with Crippen LogP contribution in [0, 0.1) is 11.3 Å². The van der Waals surface area contributed by atoms with Gasteiger partial charge in [0.25, 0.3) is 0 Å². The molecule has 0 N–H and O–H groups in total. The first-order valence-electron chi connectivity index (χ1n) is 4.80. The Hall–Kier alpha value is -0.810. The second-order valence-electron chi connectivity index (χ2n) is 3.67. The van der Waals surface area contributed by atoms with Gasteiger partial charge in [0.05, 0.1) is 6.07 Å². The van der Waals surface area contributed by atoms with Gasteiger partial charge in [0.1, 0.15) is 0 Å². The molecule has 0 fully saturated rings. The topological polar surface area (TPSA) is 23.8 Å². The van der Waals surface area contributed by atoms with Gasteiger partial charge in [-0.1, -0.05) is 41.9 Å². The molecule has 1 rings (SSSR count). The SMILES string of the molecule is CC(C)c1ccc(CCC#N)cc1Br. The Morgan fingerprint density at radius 3 is 2.64 bits per heavy atom. The second kappa shape index (κ2) is 5.17. The van der Waals surface area contributed by atoms with Crippen LogP contribution < -0.4 is 0 Å². The second-order valence-corrected chi connectivity index (χ2v) is 4.52. The summed E-state index contributed by atoms with van der Waals surface area (Å²) in [5.41, 5.74) is 2.55. The highest BCUT2D eigenvalue weighted by Gasteiger charge is 2.04. The maximum absolute atomic E-state index is 8.48. The van der Waals surface area contributed by atoms with Crippen LogP contribution in [0.15, 0.2) is 22.7 Å². The van der Waals surface area contributed by atoms with E-state index in [4.69, 9.17) is 5.26 Å². The summed E-state index contributed by atoms with van der Waals surface area (Å²) >= 11 is 3.56. The first kappa shape index (κ1) is 11.3. The smallest absolute Gasteiger partial charge is 0.0625 e. The highest BCUT2D eigenvalue weighted by molar-refractivity contribution is 9.10. The molecular formula is C12H14BrN. The molecule has 0 atom stereocenters. The van der Waals surface area contributed by atoms with Crippen LogP contribution in [0.4, 0.5) is 0 Å². The predicted molar refractivity (Wildman–Crippen MR) is 62.2 cm³/mol. The van der Waals surface area contributed by atoms with Crippen LogP contribution in [0.5, 0.6) is 0 Å². The molecule has 0 heterocycles. The molecule has 14 heavy (non-hydrogen) atoms. The van der Waals surface area contributed by atoms with Gasteiger partial charge in [-0.2, -0.15) is 5.26 Å². The molecule has 0 saturated heterocycles. The van der Waals surface area contributed by atoms with Crippen molar-refractivity contribution >= 4 is 15.9 Å². The average molecular weight is 252 g/mol. The highest BCUT2D eigenvalue weighted by atomic mass is 79.9. The largest absolute Gasteiger partial charge is 0.198 e. The molecule has 0 aromatic heterocycles. The van der Waals surface area contributed by atoms with Gasteiger partial charge in [0, 0.05) is 10.9 Å². The van der Waals surface area contributed by atoms with Crippen LogP contribution in [0.2, 0.25) is 0 Å². The molecule has 0 unspecified atom stereocenters. The van der Waals surface area contributed by atoms with E-state index in [1.54, 1.807) is 0 Å². The highest BCUT2D eigenvalue weighted by Crippen LogP contribution is 2.25. The summed E-state index contributed by atoms with van der Waals surface area (Å²) in [5.74, 6) is 0.536. The van der Waals surface area contributed by atoms with Gasteiger partial charge in [0.15, 0.2) is 0 Å². The van der Waals surface area contributed by atoms with Crippen molar-refractivity contribution in [2.45, 2.75) is 32.6 Å². The third-order valence-electron chi connectivity index (χ3n) is 2.21. The number of halogens is 1. The Balaban J connectivity index is 2.85. The lowest BCUT2D eigenvalue weighted by atomic mass is 10.0. The number of hydrogen-bond acceptors (Lipinski definition) is 1. The van der Waals surface area contributed by atoms with Gasteiger partial charge < -0.3 is 0 Å². The molecule has 0 amide bonds. The summed E-state index contributed by atoms with van der Waals surface area (Å²) in [4.78, 5) is 0. The fourth-order valence-electron chi connectivity index (χ4n) is 1.39. The van der Waals surface area contributed by atoms with Crippen LogP contribution in [0.25, 0.3) is 0 Å². The molecule has 1 nitrogen and oxygen atoms in total. The van der Waals surface area contributed by atoms with E-state index in [0.717, 1.165) is 10.9 Å². The average Bonchev–Trinajstić information content (AvgIpc) is 2.14. The minimum Gasteiger partial charge on any atom is -0.198 e. The van der Waals surface area contributed by atoms with Crippen LogP contribution in [0.1, 0.15) is 37.3 Å². The molecule has 74 valence electrons. The summed E-state index contributed by atoms with van der Waals surface area (Å²) in [6.07, 6.45) is 1.43. The summed E-state index contributed by atoms with van der Waals surface area (Å²) < 4.78 is 1.16. The fraction of sp³-hybridized carbons (Fsp3) is 0.417. The van der Waals surface area contributed by atoms with Gasteiger partial charge in [-0.05, 0) is 29.5 Å². The third kappa shape index (κ3) is 2.85. The monoisotopic (exact) mass is 251 g/mol. The Bertz CT molecular complexity index is 350. The van der Waals surface area contributed by atoms with E-state index >= 15 is 0 Å². The summed E-state index contributed by atoms with van der Waals surface area (Å²) in [7, 11) is 0. The Morgan fingerprint density at radius 1 is 1.43 bits per heavy atom. The molecule has 0 spiro atoms. The van der Waals surface area contributed by atoms with Crippen molar-refractivity contribution in [3.8, 4) is 6.07 Å². The van der Waals surface area contributed by atoms with E-state index in [2.05, 4.69) is 54.0 Å². The van der Waals surface area contributed by atoms with E-state index < -0.39 is 0 Å². The van der Waals surface area contributed by atoms with E-state index in [9.17, 15) is 0 Å². The summed E-state index contributed by atoms with van der Waals surface area (Å²) in [6.45, 7) is 4.35. The van der Waals surface area contributed by atoms with Gasteiger partial charge in [-0.25, -0.2) is 0 Å². The number of rotatable bonds is 3.